The molecule has 3 nitrogen and oxygen atoms in total. The minimum Gasteiger partial charge on any atom is -0.487 e. The summed E-state index contributed by atoms with van der Waals surface area (Å²) in [6.45, 7) is -0.0783. The maximum Gasteiger partial charge on any atom is 0.265 e. The van der Waals surface area contributed by atoms with Gasteiger partial charge in [-0.15, -0.1) is 0 Å². The van der Waals surface area contributed by atoms with Crippen molar-refractivity contribution in [3.63, 3.8) is 0 Å². The van der Waals surface area contributed by atoms with E-state index >= 15 is 0 Å². The predicted molar refractivity (Wildman–Crippen MR) is 75.2 cm³/mol. The van der Waals surface area contributed by atoms with E-state index in [1.807, 2.05) is 0 Å². The number of hydrogen-bond acceptors (Lipinski definition) is 3. The van der Waals surface area contributed by atoms with Crippen LogP contribution in [-0.4, -0.2) is 8.42 Å². The second-order valence-corrected chi connectivity index (χ2v) is 7.01. The topological polar surface area (TPSA) is 43.4 Å². The van der Waals surface area contributed by atoms with Gasteiger partial charge in [-0.2, -0.15) is 0 Å². The molecule has 0 heterocycles. The fraction of sp³-hybridized carbons (Fsp3) is 0.0769. The monoisotopic (exact) mass is 352 g/mol. The lowest BCUT2D eigenvalue weighted by molar-refractivity contribution is 0.297. The van der Waals surface area contributed by atoms with Gasteiger partial charge in [0.1, 0.15) is 28.9 Å². The van der Waals surface area contributed by atoms with Gasteiger partial charge in [-0.05, 0) is 35.9 Å². The zero-order valence-electron chi connectivity index (χ0n) is 10.3. The van der Waals surface area contributed by atoms with E-state index in [0.29, 0.717) is 5.56 Å². The van der Waals surface area contributed by atoms with Gasteiger partial charge in [-0.3, -0.25) is 0 Å². The first kappa shape index (κ1) is 16.0. The Morgan fingerprint density at radius 1 is 1.10 bits per heavy atom. The fourth-order valence-electron chi connectivity index (χ4n) is 1.58. The molecule has 0 N–H and O–H groups in total. The standard InChI is InChI=1S/C13H8Cl2F2O3S/c14-10-5-8(1-3-11(10)17)7-20-12-4-2-9(16)6-13(12)21(15,18)19/h1-6H,7H2. The smallest absolute Gasteiger partial charge is 0.265 e. The van der Waals surface area contributed by atoms with Crippen LogP contribution in [0.2, 0.25) is 5.02 Å². The molecule has 0 radical (unpaired) electrons. The van der Waals surface area contributed by atoms with Crippen molar-refractivity contribution in [1.29, 1.82) is 0 Å². The van der Waals surface area contributed by atoms with E-state index in [0.717, 1.165) is 24.3 Å². The lowest BCUT2D eigenvalue weighted by atomic mass is 10.2. The van der Waals surface area contributed by atoms with Crippen LogP contribution >= 0.6 is 22.3 Å². The summed E-state index contributed by atoms with van der Waals surface area (Å²) in [5, 5.41) is -0.0830. The predicted octanol–water partition coefficient (Wildman–Crippen LogP) is 4.12. The zero-order valence-corrected chi connectivity index (χ0v) is 12.6. The molecule has 0 spiro atoms. The van der Waals surface area contributed by atoms with Gasteiger partial charge in [0.25, 0.3) is 9.05 Å². The highest BCUT2D eigenvalue weighted by Crippen LogP contribution is 2.28. The van der Waals surface area contributed by atoms with Gasteiger partial charge in [0.15, 0.2) is 0 Å². The molecule has 0 saturated carbocycles. The highest BCUT2D eigenvalue weighted by atomic mass is 35.7. The molecule has 2 rings (SSSR count). The highest BCUT2D eigenvalue weighted by molar-refractivity contribution is 8.13. The molecule has 0 fully saturated rings. The third-order valence-corrected chi connectivity index (χ3v) is 4.18. The summed E-state index contributed by atoms with van der Waals surface area (Å²) < 4.78 is 54.1. The molecule has 0 aliphatic heterocycles. The van der Waals surface area contributed by atoms with E-state index in [9.17, 15) is 17.2 Å². The lowest BCUT2D eigenvalue weighted by Gasteiger charge is -2.10. The Labute approximate surface area is 129 Å². The molecule has 0 aliphatic rings. The molecular formula is C13H8Cl2F2O3S. The summed E-state index contributed by atoms with van der Waals surface area (Å²) in [7, 11) is 1.06. The maximum atomic E-state index is 13.1. The van der Waals surface area contributed by atoms with E-state index in [1.165, 1.54) is 12.1 Å². The van der Waals surface area contributed by atoms with Gasteiger partial charge in [0, 0.05) is 10.7 Å². The van der Waals surface area contributed by atoms with Crippen LogP contribution in [0.5, 0.6) is 5.75 Å². The summed E-state index contributed by atoms with van der Waals surface area (Å²) in [5.41, 5.74) is 0.517. The highest BCUT2D eigenvalue weighted by Gasteiger charge is 2.18. The fourth-order valence-corrected chi connectivity index (χ4v) is 2.77. The van der Waals surface area contributed by atoms with Crippen molar-refractivity contribution >= 4 is 31.3 Å². The van der Waals surface area contributed by atoms with Crippen molar-refractivity contribution in [2.75, 3.05) is 0 Å². The van der Waals surface area contributed by atoms with Crippen LogP contribution in [0.15, 0.2) is 41.3 Å². The second kappa shape index (κ2) is 6.17. The van der Waals surface area contributed by atoms with E-state index < -0.39 is 25.6 Å². The number of rotatable bonds is 4. The van der Waals surface area contributed by atoms with Crippen LogP contribution in [0.1, 0.15) is 5.56 Å². The van der Waals surface area contributed by atoms with Crippen LogP contribution in [0.25, 0.3) is 0 Å². The van der Waals surface area contributed by atoms with Crippen LogP contribution in [0.4, 0.5) is 8.78 Å². The van der Waals surface area contributed by atoms with Gasteiger partial charge < -0.3 is 4.74 Å². The summed E-state index contributed by atoms with van der Waals surface area (Å²) in [6.07, 6.45) is 0. The normalized spacial score (nSPS) is 11.4. The average molecular weight is 353 g/mol. The van der Waals surface area contributed by atoms with E-state index in [2.05, 4.69) is 0 Å². The molecule has 0 aliphatic carbocycles. The van der Waals surface area contributed by atoms with Crippen molar-refractivity contribution in [2.45, 2.75) is 11.5 Å². The number of halogens is 4. The Bertz CT molecular complexity index is 779. The van der Waals surface area contributed by atoms with Crippen molar-refractivity contribution in [2.24, 2.45) is 0 Å². The SMILES string of the molecule is O=S(=O)(Cl)c1cc(F)ccc1OCc1ccc(F)c(Cl)c1. The van der Waals surface area contributed by atoms with Gasteiger partial charge in [-0.25, -0.2) is 17.2 Å². The average Bonchev–Trinajstić information content (AvgIpc) is 2.40. The Balaban J connectivity index is 2.26. The Hall–Kier alpha value is -1.37. The first-order chi connectivity index (χ1) is 9.77. The number of benzene rings is 2. The first-order valence-corrected chi connectivity index (χ1v) is 8.27. The third-order valence-electron chi connectivity index (χ3n) is 2.55. The quantitative estimate of drug-likeness (QED) is 0.777. The van der Waals surface area contributed by atoms with Gasteiger partial charge in [0.2, 0.25) is 0 Å². The first-order valence-electron chi connectivity index (χ1n) is 5.58. The number of ether oxygens (including phenoxy) is 1. The maximum absolute atomic E-state index is 13.1. The van der Waals surface area contributed by atoms with Crippen LogP contribution in [0.3, 0.4) is 0 Å². The largest absolute Gasteiger partial charge is 0.487 e. The van der Waals surface area contributed by atoms with Crippen molar-refractivity contribution in [3.05, 3.63) is 58.6 Å². The third kappa shape index (κ3) is 4.06. The molecular weight excluding hydrogens is 345 g/mol. The Kier molecular flexibility index (Phi) is 4.70. The zero-order chi connectivity index (χ0) is 15.6. The molecule has 2 aromatic rings. The Morgan fingerprint density at radius 2 is 1.81 bits per heavy atom. The lowest BCUT2D eigenvalue weighted by Crippen LogP contribution is -2.01. The minimum atomic E-state index is -4.15. The van der Waals surface area contributed by atoms with E-state index in [1.54, 1.807) is 0 Å². The summed E-state index contributed by atoms with van der Waals surface area (Å²) in [5.74, 6) is -1.44. The van der Waals surface area contributed by atoms with Gasteiger partial charge in [-0.1, -0.05) is 17.7 Å². The molecule has 21 heavy (non-hydrogen) atoms. The number of hydrogen-bond donors (Lipinski definition) is 0. The molecule has 0 saturated heterocycles. The van der Waals surface area contributed by atoms with Crippen LogP contribution in [0, 0.1) is 11.6 Å². The van der Waals surface area contributed by atoms with Crippen molar-refractivity contribution in [3.8, 4) is 5.75 Å². The van der Waals surface area contributed by atoms with Gasteiger partial charge in [0.05, 0.1) is 5.02 Å². The molecule has 0 amide bonds. The van der Waals surface area contributed by atoms with Crippen molar-refractivity contribution in [1.82, 2.24) is 0 Å². The molecule has 0 unspecified atom stereocenters. The summed E-state index contributed by atoms with van der Waals surface area (Å²) >= 11 is 5.62. The van der Waals surface area contributed by atoms with Crippen LogP contribution in [-0.2, 0) is 15.7 Å². The molecule has 0 aromatic heterocycles. The van der Waals surface area contributed by atoms with E-state index in [-0.39, 0.29) is 17.4 Å². The molecule has 8 heteroatoms. The molecule has 0 atom stereocenters. The molecule has 2 aromatic carbocycles. The molecule has 112 valence electrons. The van der Waals surface area contributed by atoms with Gasteiger partial charge >= 0.3 is 0 Å². The summed E-state index contributed by atoms with van der Waals surface area (Å²) in [4.78, 5) is -0.475. The van der Waals surface area contributed by atoms with Crippen molar-refractivity contribution < 1.29 is 21.9 Å². The second-order valence-electron chi connectivity index (χ2n) is 4.07. The molecule has 0 bridgehead atoms. The summed E-state index contributed by atoms with van der Waals surface area (Å²) in [6, 6.07) is 6.88. The Morgan fingerprint density at radius 3 is 2.43 bits per heavy atom. The van der Waals surface area contributed by atoms with Crippen LogP contribution < -0.4 is 4.74 Å². The minimum absolute atomic E-state index is 0.0783. The van der Waals surface area contributed by atoms with E-state index in [4.69, 9.17) is 27.0 Å².